The van der Waals surface area contributed by atoms with Gasteiger partial charge in [-0.25, -0.2) is 4.98 Å². The second-order valence-electron chi connectivity index (χ2n) is 5.90. The molecule has 0 N–H and O–H groups in total. The maximum atomic E-state index is 11.8. The molecule has 152 valence electrons. The van der Waals surface area contributed by atoms with Gasteiger partial charge in [0.2, 0.25) is 17.6 Å². The Labute approximate surface area is 171 Å². The first kappa shape index (κ1) is 20.5. The second kappa shape index (κ2) is 9.29. The Morgan fingerprint density at radius 1 is 1.17 bits per heavy atom. The Bertz CT molecular complexity index is 1070. The van der Waals surface area contributed by atoms with E-state index in [4.69, 9.17) is 9.26 Å². The number of carbonyl (C=O) groups is 2. The van der Waals surface area contributed by atoms with E-state index in [2.05, 4.69) is 30.7 Å². The molecule has 0 unspecified atom stereocenters. The highest BCUT2D eigenvalue weighted by Gasteiger charge is 2.31. The summed E-state index contributed by atoms with van der Waals surface area (Å²) in [5.74, 6) is -1.87. The fourth-order valence-corrected chi connectivity index (χ4v) is 2.57. The van der Waals surface area contributed by atoms with Crippen molar-refractivity contribution in [3.63, 3.8) is 0 Å². The Balaban J connectivity index is 1.83. The number of carbonyl (C=O) groups excluding carboxylic acids is 2. The highest BCUT2D eigenvalue weighted by molar-refractivity contribution is 5.95. The van der Waals surface area contributed by atoms with Gasteiger partial charge in [-0.15, -0.1) is 0 Å². The number of nitrogens with zero attached hydrogens (tertiary/aromatic N) is 4. The number of hydrogen-bond acceptors (Lipinski definition) is 10. The van der Waals surface area contributed by atoms with E-state index < -0.39 is 17.9 Å². The van der Waals surface area contributed by atoms with Crippen LogP contribution in [-0.4, -0.2) is 41.3 Å². The Hall–Kier alpha value is -4.26. The monoisotopic (exact) mass is 408 g/mol. The Morgan fingerprint density at radius 2 is 1.93 bits per heavy atom. The van der Waals surface area contributed by atoms with E-state index in [0.29, 0.717) is 17.2 Å². The van der Waals surface area contributed by atoms with Gasteiger partial charge in [0.15, 0.2) is 5.92 Å². The van der Waals surface area contributed by atoms with Crippen molar-refractivity contribution in [1.82, 2.24) is 15.1 Å². The van der Waals surface area contributed by atoms with Gasteiger partial charge >= 0.3 is 11.9 Å². The van der Waals surface area contributed by atoms with E-state index in [-0.39, 0.29) is 23.7 Å². The standard InChI is InChI=1S/C20H16N4O6/c1-27-19(25)15(20(26)28-2)10-17-23-18(24-30-17)14-7-6-13(9-12(14)11-21)29-16-5-3-4-8-22-16/h3-9,15H,10H2,1-2H3. The summed E-state index contributed by atoms with van der Waals surface area (Å²) >= 11 is 0. The van der Waals surface area contributed by atoms with Gasteiger partial charge in [0.05, 0.1) is 26.2 Å². The molecule has 0 fully saturated rings. The Kier molecular flexibility index (Phi) is 6.34. The molecule has 0 aliphatic rings. The molecule has 0 aliphatic heterocycles. The third-order valence-electron chi connectivity index (χ3n) is 4.03. The summed E-state index contributed by atoms with van der Waals surface area (Å²) in [5, 5.41) is 13.3. The number of rotatable bonds is 7. The van der Waals surface area contributed by atoms with Gasteiger partial charge in [0.25, 0.3) is 0 Å². The summed E-state index contributed by atoms with van der Waals surface area (Å²) in [6.07, 6.45) is 1.39. The molecular formula is C20H16N4O6. The molecule has 0 spiro atoms. The molecule has 0 amide bonds. The SMILES string of the molecule is COC(=O)C(Cc1nc(-c2ccc(Oc3ccccn3)cc2C#N)no1)C(=O)OC. The van der Waals surface area contributed by atoms with E-state index in [1.54, 1.807) is 36.5 Å². The number of pyridine rings is 1. The third-order valence-corrected chi connectivity index (χ3v) is 4.03. The minimum absolute atomic E-state index is 0.0171. The number of aromatic nitrogens is 3. The largest absolute Gasteiger partial charge is 0.468 e. The lowest BCUT2D eigenvalue weighted by atomic mass is 10.1. The van der Waals surface area contributed by atoms with Crippen LogP contribution in [0.15, 0.2) is 47.1 Å². The fraction of sp³-hybridized carbons (Fsp3) is 0.200. The molecule has 10 heteroatoms. The highest BCUT2D eigenvalue weighted by atomic mass is 16.5. The van der Waals surface area contributed by atoms with Gasteiger partial charge < -0.3 is 18.7 Å². The van der Waals surface area contributed by atoms with Crippen LogP contribution < -0.4 is 4.74 Å². The molecule has 2 heterocycles. The number of ether oxygens (including phenoxy) is 3. The van der Waals surface area contributed by atoms with Crippen molar-refractivity contribution < 1.29 is 28.3 Å². The number of hydrogen-bond donors (Lipinski definition) is 0. The lowest BCUT2D eigenvalue weighted by Crippen LogP contribution is -2.28. The smallest absolute Gasteiger partial charge is 0.320 e. The van der Waals surface area contributed by atoms with E-state index in [9.17, 15) is 14.9 Å². The molecule has 0 saturated heterocycles. The molecule has 3 rings (SSSR count). The van der Waals surface area contributed by atoms with Crippen LogP contribution in [0, 0.1) is 17.2 Å². The first-order valence-electron chi connectivity index (χ1n) is 8.67. The zero-order valence-electron chi connectivity index (χ0n) is 16.1. The molecule has 2 aromatic heterocycles. The summed E-state index contributed by atoms with van der Waals surface area (Å²) < 4.78 is 20.0. The summed E-state index contributed by atoms with van der Waals surface area (Å²) in [7, 11) is 2.32. The van der Waals surface area contributed by atoms with Gasteiger partial charge in [-0.3, -0.25) is 9.59 Å². The average Bonchev–Trinajstić information content (AvgIpc) is 3.25. The molecule has 0 aliphatic carbocycles. The predicted molar refractivity (Wildman–Crippen MR) is 100.0 cm³/mol. The molecule has 0 bridgehead atoms. The van der Waals surface area contributed by atoms with Crippen LogP contribution in [0.4, 0.5) is 0 Å². The van der Waals surface area contributed by atoms with Crippen LogP contribution in [-0.2, 0) is 25.5 Å². The molecule has 10 nitrogen and oxygen atoms in total. The second-order valence-corrected chi connectivity index (χ2v) is 5.90. The van der Waals surface area contributed by atoms with E-state index in [1.165, 1.54) is 6.07 Å². The van der Waals surface area contributed by atoms with Crippen molar-refractivity contribution >= 4 is 11.9 Å². The summed E-state index contributed by atoms with van der Waals surface area (Å²) in [5.41, 5.74) is 0.641. The quantitative estimate of drug-likeness (QED) is 0.423. The maximum Gasteiger partial charge on any atom is 0.320 e. The number of esters is 2. The third kappa shape index (κ3) is 4.59. The minimum atomic E-state index is -1.24. The van der Waals surface area contributed by atoms with Gasteiger partial charge in [0.1, 0.15) is 11.8 Å². The van der Waals surface area contributed by atoms with Crippen LogP contribution in [0.2, 0.25) is 0 Å². The van der Waals surface area contributed by atoms with Crippen molar-refractivity contribution in [3.05, 3.63) is 54.0 Å². The minimum Gasteiger partial charge on any atom is -0.468 e. The number of methoxy groups -OCH3 is 2. The maximum absolute atomic E-state index is 11.8. The molecule has 0 atom stereocenters. The van der Waals surface area contributed by atoms with Crippen molar-refractivity contribution in [3.8, 4) is 29.1 Å². The van der Waals surface area contributed by atoms with Crippen molar-refractivity contribution in [2.24, 2.45) is 5.92 Å². The lowest BCUT2D eigenvalue weighted by Gasteiger charge is -2.09. The van der Waals surface area contributed by atoms with E-state index in [1.807, 2.05) is 0 Å². The molecule has 1 aromatic carbocycles. The first-order valence-corrected chi connectivity index (χ1v) is 8.67. The normalized spacial score (nSPS) is 10.3. The molecular weight excluding hydrogens is 392 g/mol. The average molecular weight is 408 g/mol. The van der Waals surface area contributed by atoms with Gasteiger partial charge in [-0.05, 0) is 24.3 Å². The van der Waals surface area contributed by atoms with E-state index in [0.717, 1.165) is 14.2 Å². The first-order chi connectivity index (χ1) is 14.5. The Morgan fingerprint density at radius 3 is 2.57 bits per heavy atom. The van der Waals surface area contributed by atoms with Crippen molar-refractivity contribution in [2.75, 3.05) is 14.2 Å². The summed E-state index contributed by atoms with van der Waals surface area (Å²) in [6.45, 7) is 0. The van der Waals surface area contributed by atoms with Gasteiger partial charge in [-0.1, -0.05) is 11.2 Å². The zero-order valence-corrected chi connectivity index (χ0v) is 16.1. The summed E-state index contributed by atoms with van der Waals surface area (Å²) in [4.78, 5) is 31.9. The molecule has 0 saturated carbocycles. The fourth-order valence-electron chi connectivity index (χ4n) is 2.57. The predicted octanol–water partition coefficient (Wildman–Crippen LogP) is 2.30. The molecule has 30 heavy (non-hydrogen) atoms. The topological polar surface area (TPSA) is 137 Å². The van der Waals surface area contributed by atoms with E-state index >= 15 is 0 Å². The van der Waals surface area contributed by atoms with Gasteiger partial charge in [0, 0.05) is 17.8 Å². The van der Waals surface area contributed by atoms with Crippen molar-refractivity contribution in [1.29, 1.82) is 5.26 Å². The van der Waals surface area contributed by atoms with Crippen LogP contribution in [0.1, 0.15) is 11.5 Å². The van der Waals surface area contributed by atoms with Gasteiger partial charge in [-0.2, -0.15) is 10.2 Å². The molecule has 0 radical (unpaired) electrons. The zero-order chi connectivity index (χ0) is 21.5. The summed E-state index contributed by atoms with van der Waals surface area (Å²) in [6, 6.07) is 12.0. The van der Waals surface area contributed by atoms with Crippen LogP contribution in [0.25, 0.3) is 11.4 Å². The van der Waals surface area contributed by atoms with Crippen LogP contribution >= 0.6 is 0 Å². The lowest BCUT2D eigenvalue weighted by molar-refractivity contribution is -0.158. The number of nitriles is 1. The number of benzene rings is 1. The van der Waals surface area contributed by atoms with Crippen LogP contribution in [0.5, 0.6) is 11.6 Å². The van der Waals surface area contributed by atoms with Crippen LogP contribution in [0.3, 0.4) is 0 Å². The van der Waals surface area contributed by atoms with Crippen molar-refractivity contribution in [2.45, 2.75) is 6.42 Å². The molecule has 3 aromatic rings. The highest BCUT2D eigenvalue weighted by Crippen LogP contribution is 2.27.